The lowest BCUT2D eigenvalue weighted by Gasteiger charge is -2.20. The Hall–Kier alpha value is -1.52. The van der Waals surface area contributed by atoms with Crippen molar-refractivity contribution in [2.45, 2.75) is 31.9 Å². The number of ether oxygens (including phenoxy) is 2. The normalized spacial score (nSPS) is 20.9. The average molecular weight is 291 g/mol. The van der Waals surface area contributed by atoms with E-state index in [1.165, 1.54) is 11.1 Å². The maximum Gasteiger partial charge on any atom is 0.164 e. The summed E-state index contributed by atoms with van der Waals surface area (Å²) in [6, 6.07) is 4.08. The van der Waals surface area contributed by atoms with Crippen molar-refractivity contribution in [1.82, 2.24) is 4.90 Å². The fourth-order valence-electron chi connectivity index (χ4n) is 2.90. The number of fused-ring (bicyclic) bond motifs is 1. The van der Waals surface area contributed by atoms with Crippen LogP contribution in [0.4, 0.5) is 0 Å². The second-order valence-electron chi connectivity index (χ2n) is 5.63. The summed E-state index contributed by atoms with van der Waals surface area (Å²) >= 11 is 0. The summed E-state index contributed by atoms with van der Waals surface area (Å²) in [6.07, 6.45) is 4.49. The van der Waals surface area contributed by atoms with Gasteiger partial charge in [0.1, 0.15) is 0 Å². The summed E-state index contributed by atoms with van der Waals surface area (Å²) in [6.45, 7) is 3.67. The molecule has 1 heterocycles. The van der Waals surface area contributed by atoms with Crippen molar-refractivity contribution < 1.29 is 14.6 Å². The minimum atomic E-state index is -0.439. The molecule has 1 N–H and O–H groups in total. The number of hydrogen-bond donors (Lipinski definition) is 1. The Morgan fingerprint density at radius 2 is 2.10 bits per heavy atom. The molecule has 0 spiro atoms. The number of nitrogens with zero attached hydrogens (tertiary/aromatic N) is 1. The van der Waals surface area contributed by atoms with Crippen LogP contribution in [0.3, 0.4) is 0 Å². The van der Waals surface area contributed by atoms with Crippen molar-refractivity contribution in [2.75, 3.05) is 27.8 Å². The van der Waals surface area contributed by atoms with E-state index in [4.69, 9.17) is 9.47 Å². The standard InChI is InChI=1S/C17H25NO3/c1-12(19)5-6-13-9-10-18(2)11-14-7-8-15(20-3)17(21-4)16(13)14/h5-8,12-13,19H,9-11H2,1-4H3/b6-5-/t12-,13+/m1/s1. The highest BCUT2D eigenvalue weighted by atomic mass is 16.5. The second-order valence-corrected chi connectivity index (χ2v) is 5.63. The molecule has 2 atom stereocenters. The summed E-state index contributed by atoms with van der Waals surface area (Å²) in [7, 11) is 5.47. The summed E-state index contributed by atoms with van der Waals surface area (Å²) in [5, 5.41) is 9.53. The van der Waals surface area contributed by atoms with Gasteiger partial charge in [0, 0.05) is 18.0 Å². The zero-order chi connectivity index (χ0) is 15.4. The van der Waals surface area contributed by atoms with Crippen LogP contribution in [-0.4, -0.2) is 43.9 Å². The molecule has 0 radical (unpaired) electrons. The molecule has 1 aliphatic heterocycles. The number of allylic oxidation sites excluding steroid dienone is 1. The predicted octanol–water partition coefficient (Wildman–Crippen LogP) is 2.56. The van der Waals surface area contributed by atoms with Crippen molar-refractivity contribution in [2.24, 2.45) is 0 Å². The minimum absolute atomic E-state index is 0.226. The monoisotopic (exact) mass is 291 g/mol. The molecule has 4 nitrogen and oxygen atoms in total. The molecule has 1 aliphatic rings. The van der Waals surface area contributed by atoms with Gasteiger partial charge in [-0.2, -0.15) is 0 Å². The fraction of sp³-hybridized carbons (Fsp3) is 0.529. The molecule has 0 amide bonds. The van der Waals surface area contributed by atoms with E-state index in [1.807, 2.05) is 12.1 Å². The maximum atomic E-state index is 9.53. The van der Waals surface area contributed by atoms with Gasteiger partial charge in [-0.05, 0) is 38.6 Å². The summed E-state index contributed by atoms with van der Waals surface area (Å²) in [4.78, 5) is 2.31. The fourth-order valence-corrected chi connectivity index (χ4v) is 2.90. The lowest BCUT2D eigenvalue weighted by atomic mass is 9.90. The Labute approximate surface area is 127 Å². The van der Waals surface area contributed by atoms with Crippen molar-refractivity contribution in [1.29, 1.82) is 0 Å². The molecule has 4 heteroatoms. The number of aliphatic hydroxyl groups is 1. The zero-order valence-corrected chi connectivity index (χ0v) is 13.3. The quantitative estimate of drug-likeness (QED) is 0.866. The topological polar surface area (TPSA) is 41.9 Å². The van der Waals surface area contributed by atoms with Crippen LogP contribution in [0.15, 0.2) is 24.3 Å². The first-order chi connectivity index (χ1) is 10.1. The average Bonchev–Trinajstić information content (AvgIpc) is 2.62. The van der Waals surface area contributed by atoms with E-state index >= 15 is 0 Å². The number of aliphatic hydroxyl groups excluding tert-OH is 1. The van der Waals surface area contributed by atoms with Crippen molar-refractivity contribution >= 4 is 0 Å². The molecule has 0 fully saturated rings. The van der Waals surface area contributed by atoms with Crippen LogP contribution < -0.4 is 9.47 Å². The number of rotatable bonds is 4. The Balaban J connectivity index is 2.52. The van der Waals surface area contributed by atoms with Crippen LogP contribution in [0.2, 0.25) is 0 Å². The SMILES string of the molecule is COc1ccc2c(c1OC)[C@@H](/C=C\[C@@H](C)O)CCN(C)C2. The maximum absolute atomic E-state index is 9.53. The van der Waals surface area contributed by atoms with Crippen LogP contribution in [0.1, 0.15) is 30.4 Å². The minimum Gasteiger partial charge on any atom is -0.493 e. The van der Waals surface area contributed by atoms with Gasteiger partial charge in [-0.25, -0.2) is 0 Å². The highest BCUT2D eigenvalue weighted by Crippen LogP contribution is 2.41. The molecule has 0 unspecified atom stereocenters. The first-order valence-electron chi connectivity index (χ1n) is 7.35. The third-order valence-corrected chi connectivity index (χ3v) is 3.93. The molecule has 0 aromatic heterocycles. The van der Waals surface area contributed by atoms with E-state index in [0.29, 0.717) is 0 Å². The van der Waals surface area contributed by atoms with Gasteiger partial charge in [-0.1, -0.05) is 18.2 Å². The molecule has 1 aromatic carbocycles. The van der Waals surface area contributed by atoms with Gasteiger partial charge in [-0.3, -0.25) is 0 Å². The van der Waals surface area contributed by atoms with Crippen LogP contribution in [-0.2, 0) is 6.54 Å². The Kier molecular flexibility index (Phi) is 5.26. The van der Waals surface area contributed by atoms with Gasteiger partial charge in [0.2, 0.25) is 0 Å². The number of benzene rings is 1. The molecule has 0 aliphatic carbocycles. The molecule has 0 saturated heterocycles. The first kappa shape index (κ1) is 15.9. The first-order valence-corrected chi connectivity index (χ1v) is 7.35. The van der Waals surface area contributed by atoms with Crippen LogP contribution in [0.5, 0.6) is 11.5 Å². The Morgan fingerprint density at radius 1 is 1.33 bits per heavy atom. The van der Waals surface area contributed by atoms with E-state index in [-0.39, 0.29) is 5.92 Å². The third-order valence-electron chi connectivity index (χ3n) is 3.93. The van der Waals surface area contributed by atoms with E-state index < -0.39 is 6.10 Å². The molecule has 21 heavy (non-hydrogen) atoms. The van der Waals surface area contributed by atoms with Gasteiger partial charge in [0.05, 0.1) is 20.3 Å². The van der Waals surface area contributed by atoms with E-state index in [2.05, 4.69) is 24.1 Å². The molecular formula is C17H25NO3. The zero-order valence-electron chi connectivity index (χ0n) is 13.3. The third kappa shape index (κ3) is 3.57. The van der Waals surface area contributed by atoms with Gasteiger partial charge in [-0.15, -0.1) is 0 Å². The lowest BCUT2D eigenvalue weighted by Crippen LogP contribution is -2.17. The van der Waals surface area contributed by atoms with Gasteiger partial charge in [0.15, 0.2) is 11.5 Å². The highest BCUT2D eigenvalue weighted by molar-refractivity contribution is 5.54. The van der Waals surface area contributed by atoms with Crippen molar-refractivity contribution in [3.05, 3.63) is 35.4 Å². The predicted molar refractivity (Wildman–Crippen MR) is 84.1 cm³/mol. The van der Waals surface area contributed by atoms with Crippen molar-refractivity contribution in [3.8, 4) is 11.5 Å². The lowest BCUT2D eigenvalue weighted by molar-refractivity contribution is 0.243. The Bertz CT molecular complexity index is 511. The van der Waals surface area contributed by atoms with Crippen LogP contribution in [0.25, 0.3) is 0 Å². The summed E-state index contributed by atoms with van der Waals surface area (Å²) in [5.74, 6) is 1.80. The molecule has 2 rings (SSSR count). The van der Waals surface area contributed by atoms with Crippen LogP contribution in [0, 0.1) is 0 Å². The van der Waals surface area contributed by atoms with Gasteiger partial charge >= 0.3 is 0 Å². The summed E-state index contributed by atoms with van der Waals surface area (Å²) in [5.41, 5.74) is 2.44. The van der Waals surface area contributed by atoms with Gasteiger partial charge in [0.25, 0.3) is 0 Å². The Morgan fingerprint density at radius 3 is 2.71 bits per heavy atom. The highest BCUT2D eigenvalue weighted by Gasteiger charge is 2.25. The summed E-state index contributed by atoms with van der Waals surface area (Å²) < 4.78 is 11.1. The van der Waals surface area contributed by atoms with Crippen molar-refractivity contribution in [3.63, 3.8) is 0 Å². The van der Waals surface area contributed by atoms with E-state index in [1.54, 1.807) is 21.1 Å². The largest absolute Gasteiger partial charge is 0.493 e. The van der Waals surface area contributed by atoms with E-state index in [0.717, 1.165) is 31.0 Å². The van der Waals surface area contributed by atoms with Crippen LogP contribution >= 0.6 is 0 Å². The molecular weight excluding hydrogens is 266 g/mol. The molecule has 116 valence electrons. The molecule has 0 saturated carbocycles. The number of hydrogen-bond acceptors (Lipinski definition) is 4. The smallest absolute Gasteiger partial charge is 0.164 e. The van der Waals surface area contributed by atoms with E-state index in [9.17, 15) is 5.11 Å². The second kappa shape index (κ2) is 6.96. The molecule has 0 bridgehead atoms. The number of methoxy groups -OCH3 is 2. The van der Waals surface area contributed by atoms with Gasteiger partial charge < -0.3 is 19.5 Å². The molecule has 1 aromatic rings.